The highest BCUT2D eigenvalue weighted by Crippen LogP contribution is 2.48. The number of amides is 3. The van der Waals surface area contributed by atoms with Gasteiger partial charge in [-0.05, 0) is 32.1 Å². The first-order chi connectivity index (χ1) is 27.9. The Hall–Kier alpha value is -1.91. The van der Waals surface area contributed by atoms with Gasteiger partial charge in [-0.15, -0.1) is 0 Å². The van der Waals surface area contributed by atoms with Gasteiger partial charge in [-0.2, -0.15) is 11.8 Å². The highest BCUT2D eigenvalue weighted by molar-refractivity contribution is 8.00. The van der Waals surface area contributed by atoms with Gasteiger partial charge in [-0.3, -0.25) is 28.0 Å². The number of urea groups is 1. The van der Waals surface area contributed by atoms with Gasteiger partial charge in [-0.1, -0.05) is 58.3 Å². The molecule has 3 aliphatic rings. The molecule has 342 valence electrons. The number of esters is 2. The van der Waals surface area contributed by atoms with E-state index in [-0.39, 0.29) is 36.9 Å². The molecule has 10 N–H and O–H groups in total. The molecule has 0 aromatic carbocycles. The second-order valence-corrected chi connectivity index (χ2v) is 18.9. The predicted octanol–water partition coefficient (Wildman–Crippen LogP) is 1.42. The highest BCUT2D eigenvalue weighted by atomic mass is 32.2. The summed E-state index contributed by atoms with van der Waals surface area (Å²) in [6.45, 7) is 1.18. The maximum Gasteiger partial charge on any atom is 0.472 e. The zero-order chi connectivity index (χ0) is 43.6. The number of phosphoric ester groups is 2. The van der Waals surface area contributed by atoms with Crippen LogP contribution in [0.1, 0.15) is 110 Å². The molecule has 0 spiro atoms. The Bertz CT molecular complexity index is 1410. The zero-order valence-electron chi connectivity index (χ0n) is 33.3. The number of rotatable bonds is 29. The zero-order valence-corrected chi connectivity index (χ0v) is 35.9. The summed E-state index contributed by atoms with van der Waals surface area (Å²) >= 11 is 1.85. The van der Waals surface area contributed by atoms with Gasteiger partial charge in [0.2, 0.25) is 5.91 Å². The number of fused-ring (bicyclic) bond motifs is 1. The van der Waals surface area contributed by atoms with E-state index in [9.17, 15) is 53.6 Å². The fraction of sp³-hybridized carbons (Fsp3) is 0.886. The van der Waals surface area contributed by atoms with Crippen molar-refractivity contribution in [1.82, 2.24) is 16.0 Å². The van der Waals surface area contributed by atoms with Crippen LogP contribution in [0.15, 0.2) is 0 Å². The molecular weight excluding hydrogens is 844 g/mol. The summed E-state index contributed by atoms with van der Waals surface area (Å²) in [5.74, 6) is -0.401. The van der Waals surface area contributed by atoms with Crippen molar-refractivity contribution in [2.45, 2.75) is 170 Å². The number of nitrogens with one attached hydrogen (secondary N) is 3. The molecule has 2 aliphatic heterocycles. The molecule has 1 aliphatic carbocycles. The lowest BCUT2D eigenvalue weighted by atomic mass is 9.85. The van der Waals surface area contributed by atoms with Crippen LogP contribution in [0.3, 0.4) is 0 Å². The topological polar surface area (TPSA) is 326 Å². The molecule has 0 radical (unpaired) electrons. The van der Waals surface area contributed by atoms with Crippen LogP contribution in [0, 0.1) is 0 Å². The number of carbonyl (C=O) groups excluding carboxylic acids is 4. The molecule has 2 heterocycles. The number of hydrogen-bond acceptors (Lipinski definition) is 16. The quantitative estimate of drug-likeness (QED) is 0.0220. The maximum absolute atomic E-state index is 12.8. The highest BCUT2D eigenvalue weighted by Gasteiger charge is 2.54. The third-order valence-corrected chi connectivity index (χ3v) is 13.2. The van der Waals surface area contributed by atoms with Crippen molar-refractivity contribution in [2.75, 3.05) is 25.5 Å². The molecule has 0 aromatic heterocycles. The molecule has 2 saturated heterocycles. The van der Waals surface area contributed by atoms with Crippen LogP contribution in [-0.2, 0) is 46.6 Å². The molecule has 0 aromatic rings. The van der Waals surface area contributed by atoms with E-state index in [1.54, 1.807) is 0 Å². The Balaban J connectivity index is 1.34. The monoisotopic (exact) mass is 907 g/mol. The summed E-state index contributed by atoms with van der Waals surface area (Å²) in [4.78, 5) is 77.2. The Morgan fingerprint density at radius 2 is 1.34 bits per heavy atom. The van der Waals surface area contributed by atoms with Gasteiger partial charge in [0, 0.05) is 36.8 Å². The number of ether oxygens (including phenoxy) is 2. The van der Waals surface area contributed by atoms with Crippen molar-refractivity contribution in [1.29, 1.82) is 0 Å². The summed E-state index contributed by atoms with van der Waals surface area (Å²) in [5, 5.41) is 50.4. The number of aliphatic hydroxyl groups excluding tert-OH is 4. The Labute approximate surface area is 348 Å². The number of carbonyl (C=O) groups is 4. The van der Waals surface area contributed by atoms with Crippen LogP contribution in [0.25, 0.3) is 0 Å². The molecule has 3 rings (SSSR count). The lowest BCUT2D eigenvalue weighted by molar-refractivity contribution is -0.216. The van der Waals surface area contributed by atoms with Crippen LogP contribution in [-0.4, -0.2) is 145 Å². The van der Waals surface area contributed by atoms with E-state index in [1.807, 2.05) is 18.7 Å². The average Bonchev–Trinajstić information content (AvgIpc) is 3.73. The second kappa shape index (κ2) is 25.9. The third-order valence-electron chi connectivity index (χ3n) is 10.2. The summed E-state index contributed by atoms with van der Waals surface area (Å²) in [6.07, 6.45) is -4.01. The summed E-state index contributed by atoms with van der Waals surface area (Å²) in [7, 11) is -10.6. The van der Waals surface area contributed by atoms with Crippen molar-refractivity contribution in [3.63, 3.8) is 0 Å². The average molecular weight is 908 g/mol. The fourth-order valence-electron chi connectivity index (χ4n) is 6.96. The molecule has 0 bridgehead atoms. The lowest BCUT2D eigenvalue weighted by Gasteiger charge is -2.43. The molecule has 11 atom stereocenters. The van der Waals surface area contributed by atoms with E-state index in [0.717, 1.165) is 70.0 Å². The van der Waals surface area contributed by atoms with Crippen LogP contribution < -0.4 is 16.0 Å². The van der Waals surface area contributed by atoms with Crippen molar-refractivity contribution >= 4 is 51.3 Å². The molecule has 3 fully saturated rings. The van der Waals surface area contributed by atoms with E-state index in [0.29, 0.717) is 37.5 Å². The first-order valence-corrected chi connectivity index (χ1v) is 24.4. The lowest BCUT2D eigenvalue weighted by Crippen LogP contribution is -2.64. The van der Waals surface area contributed by atoms with E-state index in [4.69, 9.17) is 28.3 Å². The van der Waals surface area contributed by atoms with Gasteiger partial charge < -0.3 is 60.5 Å². The Kier molecular flexibility index (Phi) is 22.6. The molecule has 24 heteroatoms. The van der Waals surface area contributed by atoms with E-state index < -0.39 is 83.5 Å². The van der Waals surface area contributed by atoms with Crippen molar-refractivity contribution < 1.29 is 86.5 Å². The van der Waals surface area contributed by atoms with E-state index in [1.165, 1.54) is 0 Å². The third kappa shape index (κ3) is 18.9. The van der Waals surface area contributed by atoms with Gasteiger partial charge in [-0.25, -0.2) is 13.9 Å². The van der Waals surface area contributed by atoms with Crippen LogP contribution in [0.5, 0.6) is 0 Å². The molecular formula is C35H63N3O18P2S. The summed E-state index contributed by atoms with van der Waals surface area (Å²) < 4.78 is 48.6. The smallest absolute Gasteiger partial charge is 0.462 e. The van der Waals surface area contributed by atoms with Crippen molar-refractivity contribution in [3.8, 4) is 0 Å². The Morgan fingerprint density at radius 1 is 0.763 bits per heavy atom. The largest absolute Gasteiger partial charge is 0.472 e. The first kappa shape index (κ1) is 51.4. The standard InChI is InChI=1S/C35H63N3O18P2S/c1-2-3-4-6-10-17-27(41)54-22(20-53-58(50,51)56-34-31(44)29(42)33(30(43)32(34)45)55-57(47,48)49)19-52-26(40)16-9-7-5-8-13-18-36-25(39)15-12-11-14-24-28-23(21-59-24)37-35(46)38-28/h22-24,28-34,42-45H,2-21H2,1H3,(H,36,39)(H,50,51)(H2,37,38,46)(H2,47,48,49)/t22-,23+,24-,28+,29-,30+,31-,32-,33?,34?/m1/s1. The van der Waals surface area contributed by atoms with Gasteiger partial charge in [0.15, 0.2) is 6.10 Å². The summed E-state index contributed by atoms with van der Waals surface area (Å²) in [6, 6.07) is 0.244. The number of phosphoric acid groups is 2. The van der Waals surface area contributed by atoms with Crippen LogP contribution in [0.4, 0.5) is 4.79 Å². The first-order valence-electron chi connectivity index (χ1n) is 20.3. The number of aliphatic hydroxyl groups is 4. The van der Waals surface area contributed by atoms with Gasteiger partial charge in [0.1, 0.15) is 43.2 Å². The van der Waals surface area contributed by atoms with Gasteiger partial charge in [0.25, 0.3) is 0 Å². The molecule has 3 unspecified atom stereocenters. The van der Waals surface area contributed by atoms with Crippen LogP contribution >= 0.6 is 27.4 Å². The molecule has 3 amide bonds. The van der Waals surface area contributed by atoms with E-state index >= 15 is 0 Å². The minimum atomic E-state index is -5.32. The SMILES string of the molecule is CCCCCCCC(=O)O[C@H](COC(=O)CCCCCCCNC(=O)CCCC[C@H]1SC[C@@H]2NC(=O)N[C@@H]21)COP(=O)(O)OC1[C@H](O)[C@H](O)C(OP(=O)(O)O)[C@H](O)[C@H]1O. The molecule has 21 nitrogen and oxygen atoms in total. The van der Waals surface area contributed by atoms with Crippen molar-refractivity contribution in [3.05, 3.63) is 0 Å². The number of thioether (sulfide) groups is 1. The maximum atomic E-state index is 12.8. The number of hydrogen-bond donors (Lipinski definition) is 10. The number of unbranched alkanes of at least 4 members (excludes halogenated alkanes) is 9. The minimum absolute atomic E-state index is 0.00420. The van der Waals surface area contributed by atoms with Gasteiger partial charge >= 0.3 is 33.6 Å². The molecule has 1 saturated carbocycles. The van der Waals surface area contributed by atoms with Gasteiger partial charge in [0.05, 0.1) is 18.7 Å². The molecule has 59 heavy (non-hydrogen) atoms. The fourth-order valence-corrected chi connectivity index (χ4v) is 10.0. The van der Waals surface area contributed by atoms with Crippen LogP contribution in [0.2, 0.25) is 0 Å². The predicted molar refractivity (Wildman–Crippen MR) is 210 cm³/mol. The summed E-state index contributed by atoms with van der Waals surface area (Å²) in [5.41, 5.74) is 0. The van der Waals surface area contributed by atoms with Crippen molar-refractivity contribution in [2.24, 2.45) is 0 Å². The van der Waals surface area contributed by atoms with E-state index in [2.05, 4.69) is 20.5 Å². The second-order valence-electron chi connectivity index (χ2n) is 15.1. The normalized spacial score (nSPS) is 28.2. The Morgan fingerprint density at radius 3 is 1.98 bits per heavy atom. The minimum Gasteiger partial charge on any atom is -0.462 e.